The zero-order valence-electron chi connectivity index (χ0n) is 61.3. The van der Waals surface area contributed by atoms with Crippen molar-refractivity contribution in [3.63, 3.8) is 0 Å². The van der Waals surface area contributed by atoms with Crippen molar-refractivity contribution in [2.45, 2.75) is 57.8 Å². The molecule has 3 amide bonds. The Hall–Kier alpha value is -10.3. The first-order valence-corrected chi connectivity index (χ1v) is 46.6. The number of aryl methyl sites for hydroxylation is 3. The van der Waals surface area contributed by atoms with Crippen molar-refractivity contribution in [3.8, 4) is 17.2 Å². The van der Waals surface area contributed by atoms with Gasteiger partial charge in [-0.05, 0) is 275 Å². The molecule has 0 spiro atoms. The topological polar surface area (TPSA) is 249 Å². The molecule has 3 unspecified atom stereocenters. The minimum Gasteiger partial charge on any atom is -0.407 e. The third-order valence-electron chi connectivity index (χ3n) is 19.9. The van der Waals surface area contributed by atoms with Gasteiger partial charge in [-0.2, -0.15) is 30.9 Å². The summed E-state index contributed by atoms with van der Waals surface area (Å²) < 4.78 is 63.1. The van der Waals surface area contributed by atoms with E-state index in [1.807, 2.05) is 0 Å². The molecule has 0 aliphatic heterocycles. The van der Waals surface area contributed by atoms with Gasteiger partial charge < -0.3 is 13.6 Å². The molecular formula is C84H75Cl3N12O9P4S. The molecule has 0 heterocycles. The number of carbonyl (C=O) groups excluding carboxylic acids is 3. The third kappa shape index (κ3) is 17.8. The second-order valence-electron chi connectivity index (χ2n) is 27.4. The Balaban J connectivity index is 0.556. The van der Waals surface area contributed by atoms with Crippen LogP contribution in [0.4, 0.5) is 0 Å². The predicted octanol–water partition coefficient (Wildman–Crippen LogP) is 20.9. The molecule has 0 aliphatic carbocycles. The molecule has 572 valence electrons. The third-order valence-corrected chi connectivity index (χ3v) is 28.3. The molecule has 0 aromatic heterocycles. The summed E-state index contributed by atoms with van der Waals surface area (Å²) in [5, 5.41) is 41.6. The summed E-state index contributed by atoms with van der Waals surface area (Å²) in [7, 11) is 4.22. The maximum Gasteiger partial charge on any atom is 0.490 e. The monoisotopic (exact) mass is 1660 g/mol. The van der Waals surface area contributed by atoms with Crippen LogP contribution < -0.4 is 45.4 Å². The molecule has 3 atom stereocenters. The lowest BCUT2D eigenvalue weighted by Gasteiger charge is -2.23. The highest BCUT2D eigenvalue weighted by molar-refractivity contribution is 8.08. The van der Waals surface area contributed by atoms with E-state index in [0.717, 1.165) is 63.3 Å². The summed E-state index contributed by atoms with van der Waals surface area (Å²) in [6.45, 7) is -15.7. The van der Waals surface area contributed by atoms with Crippen LogP contribution in [-0.2, 0) is 59.1 Å². The highest BCUT2D eigenvalue weighted by Crippen LogP contribution is 2.53. The van der Waals surface area contributed by atoms with Crippen molar-refractivity contribution in [1.29, 1.82) is 0 Å². The molecular weight excluding hydrogens is 1580 g/mol. The first-order valence-electron chi connectivity index (χ1n) is 36.4. The van der Waals surface area contributed by atoms with Gasteiger partial charge in [0.2, 0.25) is 17.7 Å². The van der Waals surface area contributed by atoms with E-state index < -0.39 is 44.8 Å². The van der Waals surface area contributed by atoms with Crippen molar-refractivity contribution in [2.24, 2.45) is 15.3 Å². The van der Waals surface area contributed by atoms with Crippen LogP contribution in [0.25, 0.3) is 97.0 Å². The average Bonchev–Trinajstić information content (AvgIpc) is 0.752. The Morgan fingerprint density at radius 3 is 0.832 bits per heavy atom. The van der Waals surface area contributed by atoms with Gasteiger partial charge in [0.05, 0.1) is 18.6 Å². The van der Waals surface area contributed by atoms with Crippen molar-refractivity contribution in [2.75, 3.05) is 21.1 Å². The highest BCUT2D eigenvalue weighted by Gasteiger charge is 2.30. The van der Waals surface area contributed by atoms with Crippen molar-refractivity contribution in [1.82, 2.24) is 46.2 Å². The Bertz CT molecular complexity index is 5760. The standard InChI is InChI=1S/C84H75Cl3N12O9P4S/c1-97(109(85,103)94-91-76(100)19-7-10-58-28-31-67-37-34-61-13-4-16-64-40-49-73(58)82(67)79(61)64)88-52-55-22-43-70(44-23-55)106-112(113,107-71-45-24-56(25-46-71)53-89-98(2)110(86,104)95-92-77(101)20-8-11-59-29-32-68-38-35-62-14-5-17-65-41-50-74(59)83(68)80(62)65)108-72-47-26-57(27-48-72)54-90-99(3)111(87,105)96-93-78(102)21-9-12-60-30-33-69-39-36-63-15-6-18-66-42-51-75(60)84(69)81(63)66/h4-6,13-18,22-54H,7-12,19-21H2,1-3H3,(H,91,100)(H,92,101)(H,93,102)(H,94,103)(H,95,104)(H,96,105)/b88-52+,89-53+,90-54+. The predicted molar refractivity (Wildman–Crippen MR) is 465 cm³/mol. The van der Waals surface area contributed by atoms with Gasteiger partial charge in [-0.1, -0.05) is 164 Å². The van der Waals surface area contributed by atoms with Gasteiger partial charge in [-0.25, -0.2) is 14.3 Å². The SMILES string of the molecule is CN(/N=C/c1ccc(OP(=S)(Oc2ccc(/C=N/N(C)P(=O)(Cl)NNC(=O)CCCc3ccc4ccc5cccc6ccc3c4c56)cc2)Oc2ccc(/C=N/N(C)P(=O)(Cl)NNC(=O)CCCc3ccc4ccc5cccc6ccc3c4c56)cc2)cc1)P(=O)(Cl)NNC(=O)CCCc1ccc2ccc3cccc4ccc1c2c34. The lowest BCUT2D eigenvalue weighted by molar-refractivity contribution is -0.122. The van der Waals surface area contributed by atoms with Crippen LogP contribution >= 0.6 is 60.8 Å². The number of hydrogen-bond acceptors (Lipinski definition) is 13. The molecule has 113 heavy (non-hydrogen) atoms. The maximum absolute atomic E-state index is 13.6. The molecule has 0 fully saturated rings. The zero-order chi connectivity index (χ0) is 78.6. The van der Waals surface area contributed by atoms with Gasteiger partial charge >= 0.3 is 27.1 Å². The van der Waals surface area contributed by atoms with Crippen LogP contribution in [0, 0.1) is 0 Å². The van der Waals surface area contributed by atoms with Gasteiger partial charge in [0.1, 0.15) is 17.2 Å². The minimum atomic E-state index is -3.95. The molecule has 6 N–H and O–H groups in total. The second-order valence-corrected chi connectivity index (χ2v) is 39.7. The fourth-order valence-corrected chi connectivity index (χ4v) is 18.6. The maximum atomic E-state index is 13.6. The first kappa shape index (κ1) is 78.0. The van der Waals surface area contributed by atoms with Crippen molar-refractivity contribution in [3.05, 3.63) is 270 Å². The molecule has 0 saturated heterocycles. The van der Waals surface area contributed by atoms with Gasteiger partial charge in [-0.15, -0.1) is 0 Å². The molecule has 0 aliphatic rings. The van der Waals surface area contributed by atoms with E-state index in [-0.39, 0.29) is 36.5 Å². The fraction of sp³-hybridized carbons (Fsp3) is 0.143. The summed E-state index contributed by atoms with van der Waals surface area (Å²) >= 11 is 25.5. The highest BCUT2D eigenvalue weighted by atomic mass is 35.7. The normalized spacial score (nSPS) is 14.2. The van der Waals surface area contributed by atoms with Crippen LogP contribution in [-0.4, -0.2) is 71.8 Å². The second kappa shape index (κ2) is 33.4. The Labute approximate surface area is 670 Å². The number of carbonyl (C=O) groups is 3. The number of hydrazone groups is 3. The van der Waals surface area contributed by atoms with E-state index in [9.17, 15) is 28.1 Å². The van der Waals surface area contributed by atoms with Gasteiger partial charge in [0, 0.05) is 52.2 Å². The van der Waals surface area contributed by atoms with Gasteiger partial charge in [0.25, 0.3) is 0 Å². The van der Waals surface area contributed by atoms with E-state index >= 15 is 0 Å². The Kier molecular flexibility index (Phi) is 23.1. The van der Waals surface area contributed by atoms with E-state index in [4.69, 9.17) is 59.1 Å². The van der Waals surface area contributed by atoms with E-state index in [1.165, 1.54) is 104 Å². The quantitative estimate of drug-likeness (QED) is 0.00968. The molecule has 0 bridgehead atoms. The molecule has 21 nitrogen and oxygen atoms in total. The number of halogens is 3. The molecule has 15 rings (SSSR count). The number of benzene rings is 15. The number of amides is 3. The van der Waals surface area contributed by atoms with Crippen molar-refractivity contribution >= 4 is 206 Å². The number of nitrogens with zero attached hydrogens (tertiary/aromatic N) is 6. The van der Waals surface area contributed by atoms with Crippen LogP contribution in [0.5, 0.6) is 17.2 Å². The van der Waals surface area contributed by atoms with Crippen LogP contribution in [0.3, 0.4) is 0 Å². The summed E-state index contributed by atoms with van der Waals surface area (Å²) in [6, 6.07) is 76.9. The summed E-state index contributed by atoms with van der Waals surface area (Å²) in [5.41, 5.74) is 12.5. The first-order chi connectivity index (χ1) is 54.5. The number of rotatable bonds is 33. The molecule has 0 radical (unpaired) electrons. The van der Waals surface area contributed by atoms with Gasteiger partial charge in [-0.3, -0.25) is 44.4 Å². The lowest BCUT2D eigenvalue weighted by atomic mass is 9.90. The summed E-state index contributed by atoms with van der Waals surface area (Å²) in [5.74, 6) is -0.436. The van der Waals surface area contributed by atoms with E-state index in [0.29, 0.717) is 55.2 Å². The zero-order valence-corrected chi connectivity index (χ0v) is 68.0. The molecule has 15 aromatic carbocycles. The molecule has 15 aromatic rings. The smallest absolute Gasteiger partial charge is 0.407 e. The van der Waals surface area contributed by atoms with Crippen LogP contribution in [0.2, 0.25) is 0 Å². The van der Waals surface area contributed by atoms with Gasteiger partial charge in [0.15, 0.2) is 0 Å². The number of hydrazine groups is 3. The van der Waals surface area contributed by atoms with E-state index in [2.05, 4.69) is 211 Å². The number of nitrogens with one attached hydrogen (secondary N) is 6. The Morgan fingerprint density at radius 1 is 0.345 bits per heavy atom. The fourth-order valence-electron chi connectivity index (χ4n) is 14.1. The largest absolute Gasteiger partial charge is 0.490 e. The molecule has 0 saturated carbocycles. The number of hydrogen-bond donors (Lipinski definition) is 6. The minimum absolute atomic E-state index is 0.147. The van der Waals surface area contributed by atoms with Crippen LogP contribution in [0.1, 0.15) is 71.9 Å². The Morgan fingerprint density at radius 2 is 0.575 bits per heavy atom. The lowest BCUT2D eigenvalue weighted by Crippen LogP contribution is -2.36. The van der Waals surface area contributed by atoms with E-state index in [1.54, 1.807) is 72.8 Å². The van der Waals surface area contributed by atoms with Crippen molar-refractivity contribution < 1.29 is 41.6 Å². The van der Waals surface area contributed by atoms with Crippen LogP contribution in [0.15, 0.2) is 252 Å². The summed E-state index contributed by atoms with van der Waals surface area (Å²) in [6.07, 6.45) is 8.27. The summed E-state index contributed by atoms with van der Waals surface area (Å²) in [4.78, 5) is 39.2. The average molecular weight is 1660 g/mol. The molecule has 29 heteroatoms.